The van der Waals surface area contributed by atoms with Crippen LogP contribution < -0.4 is 5.32 Å². The second-order valence-electron chi connectivity index (χ2n) is 4.06. The molecule has 1 aromatic rings. The molecule has 0 atom stereocenters. The van der Waals surface area contributed by atoms with E-state index in [4.69, 9.17) is 0 Å². The lowest BCUT2D eigenvalue weighted by atomic mass is 9.91. The van der Waals surface area contributed by atoms with Gasteiger partial charge in [0.1, 0.15) is 0 Å². The summed E-state index contributed by atoms with van der Waals surface area (Å²) in [4.78, 5) is 0. The standard InChI is InChI=1S/C12H14N/c1-9-8-12(2,3)13-11-7-5-4-6-10(9)11/h4-8,13H,1H2,2-3H3. The highest BCUT2D eigenvalue weighted by atomic mass is 15.0. The zero-order chi connectivity index (χ0) is 9.47. The molecule has 0 spiro atoms. The Morgan fingerprint density at radius 1 is 1.23 bits per heavy atom. The Kier molecular flexibility index (Phi) is 1.69. The molecule has 1 N–H and O–H groups in total. The molecule has 0 fully saturated rings. The molecular weight excluding hydrogens is 158 g/mol. The monoisotopic (exact) mass is 172 g/mol. The Balaban J connectivity index is 2.55. The highest BCUT2D eigenvalue weighted by Crippen LogP contribution is 2.32. The fourth-order valence-electron chi connectivity index (χ4n) is 1.77. The van der Waals surface area contributed by atoms with Crippen LogP contribution >= 0.6 is 0 Å². The van der Waals surface area contributed by atoms with Gasteiger partial charge in [-0.3, -0.25) is 0 Å². The van der Waals surface area contributed by atoms with Crippen molar-refractivity contribution in [2.75, 3.05) is 5.32 Å². The zero-order valence-electron chi connectivity index (χ0n) is 8.09. The zero-order valence-corrected chi connectivity index (χ0v) is 8.09. The number of rotatable bonds is 0. The van der Waals surface area contributed by atoms with E-state index in [-0.39, 0.29) is 5.54 Å². The topological polar surface area (TPSA) is 12.0 Å². The van der Waals surface area contributed by atoms with E-state index < -0.39 is 0 Å². The van der Waals surface area contributed by atoms with Crippen molar-refractivity contribution in [2.24, 2.45) is 0 Å². The van der Waals surface area contributed by atoms with Crippen LogP contribution in [0.1, 0.15) is 19.4 Å². The largest absolute Gasteiger partial charge is 0.376 e. The minimum Gasteiger partial charge on any atom is -0.376 e. The van der Waals surface area contributed by atoms with Crippen LogP contribution in [0.4, 0.5) is 5.69 Å². The van der Waals surface area contributed by atoms with Crippen LogP contribution in [0.3, 0.4) is 0 Å². The molecule has 0 saturated heterocycles. The van der Waals surface area contributed by atoms with Crippen molar-refractivity contribution in [3.63, 3.8) is 0 Å². The number of anilines is 1. The Morgan fingerprint density at radius 2 is 1.92 bits per heavy atom. The lowest BCUT2D eigenvalue weighted by molar-refractivity contribution is 0.708. The number of fused-ring (bicyclic) bond motifs is 1. The van der Waals surface area contributed by atoms with Crippen LogP contribution in [0.2, 0.25) is 0 Å². The summed E-state index contributed by atoms with van der Waals surface area (Å²) < 4.78 is 0. The third-order valence-corrected chi connectivity index (χ3v) is 2.26. The van der Waals surface area contributed by atoms with Gasteiger partial charge < -0.3 is 5.32 Å². The summed E-state index contributed by atoms with van der Waals surface area (Å²) in [7, 11) is 0. The Morgan fingerprint density at radius 3 is 2.69 bits per heavy atom. The molecule has 13 heavy (non-hydrogen) atoms. The van der Waals surface area contributed by atoms with Gasteiger partial charge in [0.05, 0.1) is 5.54 Å². The molecule has 1 radical (unpaired) electrons. The van der Waals surface area contributed by atoms with Gasteiger partial charge in [0, 0.05) is 11.3 Å². The van der Waals surface area contributed by atoms with Gasteiger partial charge in [0.25, 0.3) is 0 Å². The number of hydrogen-bond acceptors (Lipinski definition) is 1. The number of allylic oxidation sites excluding steroid dienone is 1. The summed E-state index contributed by atoms with van der Waals surface area (Å²) in [5.74, 6) is 0. The van der Waals surface area contributed by atoms with Crippen molar-refractivity contribution >= 4 is 11.3 Å². The fraction of sp³-hybridized carbons (Fsp3) is 0.250. The van der Waals surface area contributed by atoms with E-state index in [0.29, 0.717) is 0 Å². The average Bonchev–Trinajstić information content (AvgIpc) is 2.02. The highest BCUT2D eigenvalue weighted by molar-refractivity contribution is 5.82. The van der Waals surface area contributed by atoms with E-state index >= 15 is 0 Å². The van der Waals surface area contributed by atoms with Gasteiger partial charge in [-0.05, 0) is 32.4 Å². The SMILES string of the molecule is [CH2]C1=CC(C)(C)Nc2ccccc21. The molecule has 67 valence electrons. The fourth-order valence-corrected chi connectivity index (χ4v) is 1.77. The van der Waals surface area contributed by atoms with Gasteiger partial charge in [-0.15, -0.1) is 0 Å². The van der Waals surface area contributed by atoms with E-state index in [9.17, 15) is 0 Å². The van der Waals surface area contributed by atoms with Crippen LogP contribution in [-0.4, -0.2) is 5.54 Å². The third-order valence-electron chi connectivity index (χ3n) is 2.26. The maximum Gasteiger partial charge on any atom is 0.0506 e. The summed E-state index contributed by atoms with van der Waals surface area (Å²) >= 11 is 0. The molecule has 0 bridgehead atoms. The molecule has 0 unspecified atom stereocenters. The first-order chi connectivity index (χ1) is 6.08. The van der Waals surface area contributed by atoms with Gasteiger partial charge in [-0.1, -0.05) is 24.3 Å². The van der Waals surface area contributed by atoms with Crippen molar-refractivity contribution in [1.29, 1.82) is 0 Å². The second kappa shape index (κ2) is 2.63. The molecule has 2 rings (SSSR count). The predicted molar refractivity (Wildman–Crippen MR) is 57.5 cm³/mol. The molecule has 1 nitrogen and oxygen atoms in total. The van der Waals surface area contributed by atoms with Crippen LogP contribution in [0.25, 0.3) is 5.57 Å². The number of nitrogens with one attached hydrogen (secondary N) is 1. The maximum absolute atomic E-state index is 4.06. The van der Waals surface area contributed by atoms with E-state index in [1.807, 2.05) is 12.1 Å². The molecule has 1 aromatic carbocycles. The summed E-state index contributed by atoms with van der Waals surface area (Å²) in [5, 5.41) is 3.45. The van der Waals surface area contributed by atoms with Crippen molar-refractivity contribution in [3.05, 3.63) is 42.8 Å². The summed E-state index contributed by atoms with van der Waals surface area (Å²) in [6.45, 7) is 8.35. The normalized spacial score (nSPS) is 18.5. The Labute approximate surface area is 79.5 Å². The van der Waals surface area contributed by atoms with Crippen molar-refractivity contribution in [3.8, 4) is 0 Å². The van der Waals surface area contributed by atoms with Gasteiger partial charge in [0.15, 0.2) is 0 Å². The van der Waals surface area contributed by atoms with Crippen LogP contribution in [0.5, 0.6) is 0 Å². The van der Waals surface area contributed by atoms with E-state index in [2.05, 4.69) is 44.3 Å². The lowest BCUT2D eigenvalue weighted by Crippen LogP contribution is -2.31. The first kappa shape index (κ1) is 8.36. The van der Waals surface area contributed by atoms with Gasteiger partial charge in [0.2, 0.25) is 0 Å². The highest BCUT2D eigenvalue weighted by Gasteiger charge is 2.21. The lowest BCUT2D eigenvalue weighted by Gasteiger charge is -2.31. The minimum atomic E-state index is 0.0193. The number of benzene rings is 1. The summed E-state index contributed by atoms with van der Waals surface area (Å²) in [6, 6.07) is 8.27. The van der Waals surface area contributed by atoms with Crippen LogP contribution in [0.15, 0.2) is 30.3 Å². The van der Waals surface area contributed by atoms with Gasteiger partial charge in [-0.2, -0.15) is 0 Å². The number of para-hydroxylation sites is 1. The summed E-state index contributed by atoms with van der Waals surface area (Å²) in [5.41, 5.74) is 3.52. The molecule has 1 heterocycles. The minimum absolute atomic E-state index is 0.0193. The third kappa shape index (κ3) is 1.46. The smallest absolute Gasteiger partial charge is 0.0506 e. The molecule has 1 heteroatoms. The van der Waals surface area contributed by atoms with Crippen LogP contribution in [0, 0.1) is 6.92 Å². The quantitative estimate of drug-likeness (QED) is 0.634. The predicted octanol–water partition coefficient (Wildman–Crippen LogP) is 3.11. The molecular formula is C12H14N. The van der Waals surface area contributed by atoms with Gasteiger partial charge in [-0.25, -0.2) is 0 Å². The molecule has 0 saturated carbocycles. The van der Waals surface area contributed by atoms with Crippen molar-refractivity contribution in [1.82, 2.24) is 0 Å². The number of hydrogen-bond donors (Lipinski definition) is 1. The maximum atomic E-state index is 4.06. The Hall–Kier alpha value is -1.24. The molecule has 1 aliphatic rings. The van der Waals surface area contributed by atoms with E-state index in [1.54, 1.807) is 0 Å². The first-order valence-corrected chi connectivity index (χ1v) is 4.51. The van der Waals surface area contributed by atoms with E-state index in [0.717, 1.165) is 5.57 Å². The van der Waals surface area contributed by atoms with Gasteiger partial charge >= 0.3 is 0 Å². The van der Waals surface area contributed by atoms with Crippen molar-refractivity contribution in [2.45, 2.75) is 19.4 Å². The van der Waals surface area contributed by atoms with Crippen molar-refractivity contribution < 1.29 is 0 Å². The van der Waals surface area contributed by atoms with Crippen LogP contribution in [-0.2, 0) is 0 Å². The van der Waals surface area contributed by atoms with E-state index in [1.165, 1.54) is 11.3 Å². The molecule has 0 aromatic heterocycles. The average molecular weight is 172 g/mol. The Bertz CT molecular complexity index is 361. The first-order valence-electron chi connectivity index (χ1n) is 4.51. The molecule has 0 aliphatic carbocycles. The summed E-state index contributed by atoms with van der Waals surface area (Å²) in [6.07, 6.45) is 2.16. The molecule has 1 aliphatic heterocycles. The second-order valence-corrected chi connectivity index (χ2v) is 4.06. The molecule has 0 amide bonds.